The molecule has 0 saturated heterocycles. The van der Waals surface area contributed by atoms with Gasteiger partial charge in [-0.3, -0.25) is 18.5 Å². The minimum absolute atomic E-state index is 0.284. The van der Waals surface area contributed by atoms with E-state index in [-0.39, 0.29) is 6.54 Å². The Hall–Kier alpha value is -2.87. The van der Waals surface area contributed by atoms with Gasteiger partial charge in [0, 0.05) is 20.6 Å². The zero-order valence-corrected chi connectivity index (χ0v) is 14.4. The van der Waals surface area contributed by atoms with Crippen molar-refractivity contribution in [3.63, 3.8) is 0 Å². The summed E-state index contributed by atoms with van der Waals surface area (Å²) in [5, 5.41) is 12.6. The molecule has 2 N–H and O–H groups in total. The molecule has 0 aliphatic heterocycles. The van der Waals surface area contributed by atoms with Gasteiger partial charge >= 0.3 is 5.69 Å². The molecule has 8 heteroatoms. The average molecular weight is 343 g/mol. The van der Waals surface area contributed by atoms with Crippen molar-refractivity contribution < 1.29 is 5.11 Å². The lowest BCUT2D eigenvalue weighted by Gasteiger charge is -2.12. The second kappa shape index (κ2) is 6.56. The van der Waals surface area contributed by atoms with Gasteiger partial charge in [0.25, 0.3) is 5.56 Å². The molecule has 25 heavy (non-hydrogen) atoms. The number of aromatic nitrogens is 4. The number of benzene rings is 1. The third-order valence-corrected chi connectivity index (χ3v) is 4.09. The molecule has 0 bridgehead atoms. The van der Waals surface area contributed by atoms with Crippen LogP contribution in [0.5, 0.6) is 0 Å². The van der Waals surface area contributed by atoms with Crippen molar-refractivity contribution in [2.45, 2.75) is 19.6 Å². The van der Waals surface area contributed by atoms with E-state index in [2.05, 4.69) is 10.3 Å². The van der Waals surface area contributed by atoms with Crippen LogP contribution in [0.25, 0.3) is 11.2 Å². The van der Waals surface area contributed by atoms with E-state index in [1.807, 2.05) is 30.3 Å². The van der Waals surface area contributed by atoms with Gasteiger partial charge in [-0.05, 0) is 12.5 Å². The third kappa shape index (κ3) is 3.08. The van der Waals surface area contributed by atoms with Crippen LogP contribution >= 0.6 is 0 Å². The van der Waals surface area contributed by atoms with E-state index < -0.39 is 17.4 Å². The highest BCUT2D eigenvalue weighted by molar-refractivity contribution is 5.74. The Balaban J connectivity index is 2.24. The van der Waals surface area contributed by atoms with Gasteiger partial charge in [0.1, 0.15) is 0 Å². The van der Waals surface area contributed by atoms with E-state index in [1.54, 1.807) is 18.5 Å². The van der Waals surface area contributed by atoms with Crippen LogP contribution in [0.3, 0.4) is 0 Å². The van der Waals surface area contributed by atoms with Crippen molar-refractivity contribution in [3.05, 3.63) is 56.7 Å². The van der Waals surface area contributed by atoms with Crippen molar-refractivity contribution in [3.8, 4) is 0 Å². The number of rotatable bonds is 5. The van der Waals surface area contributed by atoms with Crippen LogP contribution < -0.4 is 16.6 Å². The predicted molar refractivity (Wildman–Crippen MR) is 95.9 cm³/mol. The second-order valence-corrected chi connectivity index (χ2v) is 6.12. The zero-order chi connectivity index (χ0) is 18.1. The Morgan fingerprint density at radius 1 is 1.16 bits per heavy atom. The summed E-state index contributed by atoms with van der Waals surface area (Å²) in [5.74, 6) is 0.443. The minimum atomic E-state index is -0.573. The van der Waals surface area contributed by atoms with E-state index in [9.17, 15) is 14.7 Å². The van der Waals surface area contributed by atoms with Gasteiger partial charge in [0.05, 0.1) is 12.6 Å². The molecule has 0 saturated carbocycles. The first-order chi connectivity index (χ1) is 11.9. The van der Waals surface area contributed by atoms with E-state index >= 15 is 0 Å². The number of imidazole rings is 1. The average Bonchev–Trinajstić information content (AvgIpc) is 2.95. The van der Waals surface area contributed by atoms with Crippen molar-refractivity contribution in [1.29, 1.82) is 0 Å². The monoisotopic (exact) mass is 343 g/mol. The van der Waals surface area contributed by atoms with Crippen LogP contribution in [-0.2, 0) is 20.6 Å². The van der Waals surface area contributed by atoms with Crippen LogP contribution in [0, 0.1) is 0 Å². The summed E-state index contributed by atoms with van der Waals surface area (Å²) in [6.07, 6.45) is -0.573. The number of nitrogens with one attached hydrogen (secondary N) is 1. The zero-order valence-electron chi connectivity index (χ0n) is 14.4. The normalized spacial score (nSPS) is 12.5. The Labute approximate surface area is 144 Å². The highest BCUT2D eigenvalue weighted by atomic mass is 16.3. The van der Waals surface area contributed by atoms with Gasteiger partial charge in [-0.2, -0.15) is 4.98 Å². The first-order valence-corrected chi connectivity index (χ1v) is 8.02. The molecule has 132 valence electrons. The molecule has 3 rings (SSSR count). The van der Waals surface area contributed by atoms with Crippen molar-refractivity contribution in [2.75, 3.05) is 11.9 Å². The summed E-state index contributed by atoms with van der Waals surface area (Å²) in [6, 6.07) is 9.68. The molecule has 1 aromatic carbocycles. The summed E-state index contributed by atoms with van der Waals surface area (Å²) in [5.41, 5.74) is 0.840. The van der Waals surface area contributed by atoms with Crippen LogP contribution in [0.15, 0.2) is 39.9 Å². The second-order valence-electron chi connectivity index (χ2n) is 6.12. The topological polar surface area (TPSA) is 94.1 Å². The fourth-order valence-electron chi connectivity index (χ4n) is 2.74. The van der Waals surface area contributed by atoms with Gasteiger partial charge in [-0.25, -0.2) is 4.79 Å². The van der Waals surface area contributed by atoms with E-state index in [1.165, 1.54) is 11.6 Å². The molecule has 0 unspecified atom stereocenters. The van der Waals surface area contributed by atoms with Crippen LogP contribution in [0.2, 0.25) is 0 Å². The standard InChI is InChI=1S/C17H21N5O3/c1-11(23)9-18-16-19-14-13(15(24)21(3)17(25)20(14)2)22(16)10-12-7-5-4-6-8-12/h4-8,11,23H,9-10H2,1-3H3,(H,18,19)/t11-/m1/s1. The quantitative estimate of drug-likeness (QED) is 0.694. The fourth-order valence-corrected chi connectivity index (χ4v) is 2.74. The molecule has 0 aliphatic rings. The lowest BCUT2D eigenvalue weighted by molar-refractivity contribution is 0.208. The number of hydrogen-bond acceptors (Lipinski definition) is 5. The van der Waals surface area contributed by atoms with Gasteiger partial charge < -0.3 is 10.4 Å². The van der Waals surface area contributed by atoms with Gasteiger partial charge in [-0.15, -0.1) is 0 Å². The smallest absolute Gasteiger partial charge is 0.332 e. The maximum absolute atomic E-state index is 12.7. The SMILES string of the molecule is C[C@@H](O)CNc1nc2c(c(=O)n(C)c(=O)n2C)n1Cc1ccccc1. The molecule has 3 aromatic rings. The summed E-state index contributed by atoms with van der Waals surface area (Å²) in [4.78, 5) is 29.3. The lowest BCUT2D eigenvalue weighted by atomic mass is 10.2. The number of aliphatic hydroxyl groups excluding tert-OH is 1. The molecule has 2 aromatic heterocycles. The number of anilines is 1. The molecule has 8 nitrogen and oxygen atoms in total. The van der Waals surface area contributed by atoms with Crippen LogP contribution in [0.4, 0.5) is 5.95 Å². The van der Waals surface area contributed by atoms with E-state index in [0.717, 1.165) is 10.1 Å². The number of aryl methyl sites for hydroxylation is 1. The molecular weight excluding hydrogens is 322 g/mol. The molecule has 0 amide bonds. The van der Waals surface area contributed by atoms with Gasteiger partial charge in [0.15, 0.2) is 11.2 Å². The summed E-state index contributed by atoms with van der Waals surface area (Å²) in [7, 11) is 3.04. The largest absolute Gasteiger partial charge is 0.392 e. The fraction of sp³-hybridized carbons (Fsp3) is 0.353. The van der Waals surface area contributed by atoms with Crippen LogP contribution in [-0.4, -0.2) is 36.4 Å². The van der Waals surface area contributed by atoms with E-state index in [0.29, 0.717) is 23.7 Å². The Kier molecular flexibility index (Phi) is 4.45. The highest BCUT2D eigenvalue weighted by Crippen LogP contribution is 2.17. The summed E-state index contributed by atoms with van der Waals surface area (Å²) < 4.78 is 4.17. The predicted octanol–water partition coefficient (Wildman–Crippen LogP) is 0.275. The maximum atomic E-state index is 12.7. The molecule has 1 atom stereocenters. The number of aliphatic hydroxyl groups is 1. The van der Waals surface area contributed by atoms with Crippen LogP contribution in [0.1, 0.15) is 12.5 Å². The Bertz CT molecular complexity index is 1010. The molecule has 0 aliphatic carbocycles. The summed E-state index contributed by atoms with van der Waals surface area (Å²) >= 11 is 0. The number of fused-ring (bicyclic) bond motifs is 1. The number of hydrogen-bond donors (Lipinski definition) is 2. The summed E-state index contributed by atoms with van der Waals surface area (Å²) in [6.45, 7) is 2.37. The third-order valence-electron chi connectivity index (χ3n) is 4.09. The van der Waals surface area contributed by atoms with Crippen molar-refractivity contribution in [2.24, 2.45) is 14.1 Å². The maximum Gasteiger partial charge on any atom is 0.332 e. The minimum Gasteiger partial charge on any atom is -0.392 e. The van der Waals surface area contributed by atoms with Gasteiger partial charge in [-0.1, -0.05) is 30.3 Å². The van der Waals surface area contributed by atoms with E-state index in [4.69, 9.17) is 0 Å². The molecular formula is C17H21N5O3. The van der Waals surface area contributed by atoms with Gasteiger partial charge in [0.2, 0.25) is 5.95 Å². The Morgan fingerprint density at radius 3 is 2.48 bits per heavy atom. The first-order valence-electron chi connectivity index (χ1n) is 8.02. The Morgan fingerprint density at radius 2 is 1.84 bits per heavy atom. The number of nitrogens with zero attached hydrogens (tertiary/aromatic N) is 4. The lowest BCUT2D eigenvalue weighted by Crippen LogP contribution is -2.37. The molecule has 0 fully saturated rings. The first kappa shape index (κ1) is 17.0. The highest BCUT2D eigenvalue weighted by Gasteiger charge is 2.19. The molecule has 0 spiro atoms. The van der Waals surface area contributed by atoms with Crippen molar-refractivity contribution in [1.82, 2.24) is 18.7 Å². The van der Waals surface area contributed by atoms with Crippen molar-refractivity contribution >= 4 is 17.1 Å². The molecule has 2 heterocycles. The molecule has 0 radical (unpaired) electrons.